The van der Waals surface area contributed by atoms with Crippen molar-refractivity contribution < 1.29 is 4.74 Å². The second-order valence-corrected chi connectivity index (χ2v) is 5.07. The number of aryl methyl sites for hydroxylation is 2. The number of nitrogens with one attached hydrogen (secondary N) is 1. The number of hydrogen-bond donors (Lipinski definition) is 1. The van der Waals surface area contributed by atoms with Gasteiger partial charge < -0.3 is 14.6 Å². The van der Waals surface area contributed by atoms with E-state index in [2.05, 4.69) is 25.2 Å². The fourth-order valence-corrected chi connectivity index (χ4v) is 2.40. The molecule has 98 valence electrons. The topological polar surface area (TPSA) is 52.0 Å². The van der Waals surface area contributed by atoms with Gasteiger partial charge in [0.15, 0.2) is 0 Å². The average Bonchev–Trinajstić information content (AvgIpc) is 2.90. The van der Waals surface area contributed by atoms with Gasteiger partial charge in [0.2, 0.25) is 5.95 Å². The van der Waals surface area contributed by atoms with Crippen molar-refractivity contribution >= 4 is 17.3 Å². The summed E-state index contributed by atoms with van der Waals surface area (Å²) in [6, 6.07) is 0. The van der Waals surface area contributed by atoms with Gasteiger partial charge in [0.1, 0.15) is 5.01 Å². The summed E-state index contributed by atoms with van der Waals surface area (Å²) in [5, 5.41) is 6.45. The van der Waals surface area contributed by atoms with Crippen molar-refractivity contribution in [3.05, 3.63) is 28.0 Å². The predicted octanol–water partition coefficient (Wildman–Crippen LogP) is 2.21. The third-order valence-electron chi connectivity index (χ3n) is 2.50. The van der Waals surface area contributed by atoms with Gasteiger partial charge in [0.25, 0.3) is 0 Å². The van der Waals surface area contributed by atoms with Crippen LogP contribution in [0.4, 0.5) is 5.95 Å². The van der Waals surface area contributed by atoms with Crippen LogP contribution in [0.1, 0.15) is 16.4 Å². The highest BCUT2D eigenvalue weighted by Crippen LogP contribution is 2.13. The number of thiazole rings is 1. The Morgan fingerprint density at radius 2 is 2.17 bits per heavy atom. The largest absolute Gasteiger partial charge is 0.383 e. The van der Waals surface area contributed by atoms with Crippen LogP contribution in [-0.2, 0) is 17.8 Å². The van der Waals surface area contributed by atoms with E-state index < -0.39 is 0 Å². The molecule has 0 saturated heterocycles. The number of ether oxygens (including phenoxy) is 1. The zero-order valence-corrected chi connectivity index (χ0v) is 11.8. The van der Waals surface area contributed by atoms with Crippen molar-refractivity contribution in [2.24, 2.45) is 0 Å². The van der Waals surface area contributed by atoms with Gasteiger partial charge in [-0.3, -0.25) is 0 Å². The SMILES string of the molecule is COCCn1cc(C)nc1NCc1nc(C)cs1. The van der Waals surface area contributed by atoms with Crippen molar-refractivity contribution in [1.29, 1.82) is 0 Å². The minimum atomic E-state index is 0.681. The number of imidazole rings is 1. The fraction of sp³-hybridized carbons (Fsp3) is 0.500. The first-order valence-electron chi connectivity index (χ1n) is 5.86. The van der Waals surface area contributed by atoms with E-state index in [1.807, 2.05) is 20.0 Å². The maximum atomic E-state index is 5.09. The summed E-state index contributed by atoms with van der Waals surface area (Å²) in [7, 11) is 1.70. The number of rotatable bonds is 6. The van der Waals surface area contributed by atoms with Crippen molar-refractivity contribution in [2.75, 3.05) is 19.0 Å². The lowest BCUT2D eigenvalue weighted by Gasteiger charge is -2.07. The Kier molecular flexibility index (Phi) is 4.33. The molecule has 0 unspecified atom stereocenters. The zero-order valence-electron chi connectivity index (χ0n) is 10.9. The molecule has 0 saturated carbocycles. The van der Waals surface area contributed by atoms with E-state index in [1.165, 1.54) is 0 Å². The molecule has 0 aliphatic carbocycles. The molecule has 5 nitrogen and oxygen atoms in total. The van der Waals surface area contributed by atoms with Gasteiger partial charge in [-0.25, -0.2) is 9.97 Å². The molecule has 0 aromatic carbocycles. The van der Waals surface area contributed by atoms with Crippen LogP contribution in [0.15, 0.2) is 11.6 Å². The molecule has 2 rings (SSSR count). The maximum absolute atomic E-state index is 5.09. The minimum absolute atomic E-state index is 0.681. The highest BCUT2D eigenvalue weighted by molar-refractivity contribution is 7.09. The van der Waals surface area contributed by atoms with Crippen LogP contribution in [0, 0.1) is 13.8 Å². The zero-order chi connectivity index (χ0) is 13.0. The van der Waals surface area contributed by atoms with Gasteiger partial charge in [0, 0.05) is 30.9 Å². The van der Waals surface area contributed by atoms with E-state index in [9.17, 15) is 0 Å². The standard InChI is InChI=1S/C12H18N4OS/c1-9-7-16(4-5-17-3)12(15-9)13-6-11-14-10(2)8-18-11/h7-8H,4-6H2,1-3H3,(H,13,15). The molecule has 0 radical (unpaired) electrons. The number of anilines is 1. The lowest BCUT2D eigenvalue weighted by molar-refractivity contribution is 0.187. The Balaban J connectivity index is 1.99. The van der Waals surface area contributed by atoms with Gasteiger partial charge in [0.05, 0.1) is 18.8 Å². The molecule has 0 aliphatic rings. The first-order chi connectivity index (χ1) is 8.69. The first kappa shape index (κ1) is 13.0. The van der Waals surface area contributed by atoms with Crippen LogP contribution in [0.2, 0.25) is 0 Å². The summed E-state index contributed by atoms with van der Waals surface area (Å²) in [4.78, 5) is 8.88. The minimum Gasteiger partial charge on any atom is -0.383 e. The van der Waals surface area contributed by atoms with E-state index >= 15 is 0 Å². The molecule has 2 aromatic heterocycles. The summed E-state index contributed by atoms with van der Waals surface area (Å²) in [5.74, 6) is 0.873. The van der Waals surface area contributed by atoms with E-state index in [-0.39, 0.29) is 0 Å². The third kappa shape index (κ3) is 3.30. The molecule has 0 amide bonds. The molecule has 1 N–H and O–H groups in total. The normalized spacial score (nSPS) is 10.8. The average molecular weight is 266 g/mol. The number of aromatic nitrogens is 3. The summed E-state index contributed by atoms with van der Waals surface area (Å²) in [6.07, 6.45) is 2.02. The lowest BCUT2D eigenvalue weighted by Crippen LogP contribution is -2.09. The van der Waals surface area contributed by atoms with E-state index in [0.29, 0.717) is 13.2 Å². The second-order valence-electron chi connectivity index (χ2n) is 4.13. The quantitative estimate of drug-likeness (QED) is 0.871. The third-order valence-corrected chi connectivity index (χ3v) is 3.46. The fourth-order valence-electron chi connectivity index (χ4n) is 1.69. The predicted molar refractivity (Wildman–Crippen MR) is 73.0 cm³/mol. The summed E-state index contributed by atoms with van der Waals surface area (Å²) in [6.45, 7) is 6.19. The van der Waals surface area contributed by atoms with Gasteiger partial charge in [-0.15, -0.1) is 11.3 Å². The maximum Gasteiger partial charge on any atom is 0.203 e. The second kappa shape index (κ2) is 5.97. The molecule has 0 fully saturated rings. The monoisotopic (exact) mass is 266 g/mol. The number of hydrogen-bond acceptors (Lipinski definition) is 5. The van der Waals surface area contributed by atoms with Crippen LogP contribution in [0.3, 0.4) is 0 Å². The van der Waals surface area contributed by atoms with Crippen LogP contribution >= 0.6 is 11.3 Å². The van der Waals surface area contributed by atoms with Gasteiger partial charge >= 0.3 is 0 Å². The lowest BCUT2D eigenvalue weighted by atomic mass is 10.5. The van der Waals surface area contributed by atoms with E-state index in [4.69, 9.17) is 4.74 Å². The molecule has 2 heterocycles. The molecule has 0 spiro atoms. The molecule has 0 atom stereocenters. The molecule has 18 heavy (non-hydrogen) atoms. The molecule has 2 aromatic rings. The smallest absolute Gasteiger partial charge is 0.203 e. The molecule has 6 heteroatoms. The number of methoxy groups -OCH3 is 1. The summed E-state index contributed by atoms with van der Waals surface area (Å²) in [5.41, 5.74) is 2.07. The van der Waals surface area contributed by atoms with Crippen LogP contribution < -0.4 is 5.32 Å². The summed E-state index contributed by atoms with van der Waals surface area (Å²) < 4.78 is 7.16. The summed E-state index contributed by atoms with van der Waals surface area (Å²) >= 11 is 1.66. The Labute approximate surface area is 111 Å². The first-order valence-corrected chi connectivity index (χ1v) is 6.74. The molecular weight excluding hydrogens is 248 g/mol. The number of nitrogens with zero attached hydrogens (tertiary/aromatic N) is 3. The Morgan fingerprint density at radius 3 is 2.83 bits per heavy atom. The van der Waals surface area contributed by atoms with Crippen LogP contribution in [0.5, 0.6) is 0 Å². The van der Waals surface area contributed by atoms with Crippen molar-refractivity contribution in [3.8, 4) is 0 Å². The highest BCUT2D eigenvalue weighted by atomic mass is 32.1. The Hall–Kier alpha value is -1.40. The van der Waals surface area contributed by atoms with Crippen molar-refractivity contribution in [3.63, 3.8) is 0 Å². The van der Waals surface area contributed by atoms with Gasteiger partial charge in [-0.05, 0) is 13.8 Å². The van der Waals surface area contributed by atoms with Crippen molar-refractivity contribution in [2.45, 2.75) is 26.9 Å². The van der Waals surface area contributed by atoms with Crippen molar-refractivity contribution in [1.82, 2.24) is 14.5 Å². The van der Waals surface area contributed by atoms with Gasteiger partial charge in [-0.2, -0.15) is 0 Å². The Morgan fingerprint density at radius 1 is 1.33 bits per heavy atom. The highest BCUT2D eigenvalue weighted by Gasteiger charge is 2.06. The van der Waals surface area contributed by atoms with Crippen LogP contribution in [-0.4, -0.2) is 28.3 Å². The Bertz CT molecular complexity index is 506. The molecule has 0 bridgehead atoms. The van der Waals surface area contributed by atoms with E-state index in [1.54, 1.807) is 18.4 Å². The van der Waals surface area contributed by atoms with Gasteiger partial charge in [-0.1, -0.05) is 0 Å². The molecule has 0 aliphatic heterocycles. The van der Waals surface area contributed by atoms with E-state index in [0.717, 1.165) is 28.9 Å². The molecular formula is C12H18N4OS. The van der Waals surface area contributed by atoms with Crippen LogP contribution in [0.25, 0.3) is 0 Å².